The minimum atomic E-state index is 0.424. The second-order valence-electron chi connectivity index (χ2n) is 3.72. The molecule has 0 bridgehead atoms. The highest BCUT2D eigenvalue weighted by Crippen LogP contribution is 2.22. The Morgan fingerprint density at radius 2 is 2.27 bits per heavy atom. The van der Waals surface area contributed by atoms with Crippen molar-refractivity contribution < 1.29 is 4.42 Å². The first-order valence-corrected chi connectivity index (χ1v) is 6.69. The van der Waals surface area contributed by atoms with E-state index in [9.17, 15) is 0 Å². The number of furan rings is 1. The molecule has 1 aromatic heterocycles. The fourth-order valence-corrected chi connectivity index (χ4v) is 2.44. The van der Waals surface area contributed by atoms with Crippen LogP contribution in [-0.2, 0) is 0 Å². The summed E-state index contributed by atoms with van der Waals surface area (Å²) >= 11 is 2.02. The average Bonchev–Trinajstić information content (AvgIpc) is 2.76. The second kappa shape index (κ2) is 6.96. The van der Waals surface area contributed by atoms with Gasteiger partial charge < -0.3 is 9.73 Å². The third-order valence-corrected chi connectivity index (χ3v) is 3.95. The van der Waals surface area contributed by atoms with Gasteiger partial charge in [-0.2, -0.15) is 11.8 Å². The van der Waals surface area contributed by atoms with Gasteiger partial charge in [0.1, 0.15) is 0 Å². The Hall–Kier alpha value is -0.410. The first kappa shape index (κ1) is 12.7. The van der Waals surface area contributed by atoms with E-state index in [0.29, 0.717) is 6.04 Å². The van der Waals surface area contributed by atoms with Crippen molar-refractivity contribution in [1.29, 1.82) is 0 Å². The Morgan fingerprint density at radius 1 is 1.47 bits per heavy atom. The Bertz CT molecular complexity index is 248. The van der Waals surface area contributed by atoms with E-state index in [1.807, 2.05) is 24.1 Å². The standard InChI is InChI=1S/C12H21NOS/c1-4-10(3)15-9-12(13-5-2)11-6-7-14-8-11/h6-8,10,12-13H,4-5,9H2,1-3H3. The van der Waals surface area contributed by atoms with Crippen LogP contribution in [0.3, 0.4) is 0 Å². The van der Waals surface area contributed by atoms with Gasteiger partial charge in [-0.1, -0.05) is 20.8 Å². The number of nitrogens with one attached hydrogen (secondary N) is 1. The number of hydrogen-bond donors (Lipinski definition) is 1. The molecule has 0 saturated carbocycles. The van der Waals surface area contributed by atoms with Crippen molar-refractivity contribution in [3.63, 3.8) is 0 Å². The van der Waals surface area contributed by atoms with E-state index in [1.165, 1.54) is 12.0 Å². The van der Waals surface area contributed by atoms with E-state index < -0.39 is 0 Å². The van der Waals surface area contributed by atoms with Gasteiger partial charge in [-0.25, -0.2) is 0 Å². The summed E-state index contributed by atoms with van der Waals surface area (Å²) in [5.41, 5.74) is 1.26. The van der Waals surface area contributed by atoms with Gasteiger partial charge >= 0.3 is 0 Å². The third-order valence-electron chi connectivity index (χ3n) is 2.52. The summed E-state index contributed by atoms with van der Waals surface area (Å²) in [5.74, 6) is 1.11. The van der Waals surface area contributed by atoms with Crippen LogP contribution in [0.15, 0.2) is 23.0 Å². The highest BCUT2D eigenvalue weighted by atomic mass is 32.2. The van der Waals surface area contributed by atoms with Crippen LogP contribution >= 0.6 is 11.8 Å². The molecular formula is C12H21NOS. The fraction of sp³-hybridized carbons (Fsp3) is 0.667. The molecular weight excluding hydrogens is 206 g/mol. The fourth-order valence-electron chi connectivity index (χ4n) is 1.37. The molecule has 0 saturated heterocycles. The molecule has 2 unspecified atom stereocenters. The third kappa shape index (κ3) is 4.31. The van der Waals surface area contributed by atoms with E-state index in [4.69, 9.17) is 4.42 Å². The Morgan fingerprint density at radius 3 is 2.80 bits per heavy atom. The van der Waals surface area contributed by atoms with Crippen LogP contribution in [-0.4, -0.2) is 17.5 Å². The van der Waals surface area contributed by atoms with Crippen LogP contribution in [0.1, 0.15) is 38.8 Å². The lowest BCUT2D eigenvalue weighted by atomic mass is 10.2. The molecule has 86 valence electrons. The smallest absolute Gasteiger partial charge is 0.0950 e. The monoisotopic (exact) mass is 227 g/mol. The van der Waals surface area contributed by atoms with Gasteiger partial charge in [0, 0.05) is 22.6 Å². The van der Waals surface area contributed by atoms with Gasteiger partial charge in [0.15, 0.2) is 0 Å². The first-order chi connectivity index (χ1) is 7.27. The van der Waals surface area contributed by atoms with Crippen LogP contribution in [0.2, 0.25) is 0 Å². The Kier molecular flexibility index (Phi) is 5.88. The zero-order chi connectivity index (χ0) is 11.1. The van der Waals surface area contributed by atoms with Crippen LogP contribution in [0.5, 0.6) is 0 Å². The van der Waals surface area contributed by atoms with Crippen molar-refractivity contribution in [2.75, 3.05) is 12.3 Å². The maximum Gasteiger partial charge on any atom is 0.0950 e. The van der Waals surface area contributed by atoms with E-state index >= 15 is 0 Å². The maximum atomic E-state index is 5.13. The van der Waals surface area contributed by atoms with Crippen molar-refractivity contribution in [3.8, 4) is 0 Å². The summed E-state index contributed by atoms with van der Waals surface area (Å²) in [6.45, 7) is 7.65. The summed E-state index contributed by atoms with van der Waals surface area (Å²) in [5, 5.41) is 4.22. The first-order valence-electron chi connectivity index (χ1n) is 5.65. The Balaban J connectivity index is 2.44. The molecule has 0 aliphatic rings. The van der Waals surface area contributed by atoms with Gasteiger partial charge in [0.2, 0.25) is 0 Å². The summed E-state index contributed by atoms with van der Waals surface area (Å²) in [6, 6.07) is 2.47. The zero-order valence-electron chi connectivity index (χ0n) is 9.82. The minimum Gasteiger partial charge on any atom is -0.472 e. The number of rotatable bonds is 7. The largest absolute Gasteiger partial charge is 0.472 e. The molecule has 1 N–H and O–H groups in total. The molecule has 0 amide bonds. The summed E-state index contributed by atoms with van der Waals surface area (Å²) in [6.07, 6.45) is 4.81. The zero-order valence-corrected chi connectivity index (χ0v) is 10.6. The molecule has 0 aromatic carbocycles. The van der Waals surface area contributed by atoms with Crippen LogP contribution in [0, 0.1) is 0 Å². The van der Waals surface area contributed by atoms with Gasteiger partial charge in [-0.05, 0) is 19.0 Å². The van der Waals surface area contributed by atoms with E-state index in [-0.39, 0.29) is 0 Å². The number of thioether (sulfide) groups is 1. The molecule has 1 aromatic rings. The molecule has 0 aliphatic carbocycles. The highest BCUT2D eigenvalue weighted by Gasteiger charge is 2.12. The van der Waals surface area contributed by atoms with Crippen molar-refractivity contribution in [1.82, 2.24) is 5.32 Å². The van der Waals surface area contributed by atoms with Crippen molar-refractivity contribution >= 4 is 11.8 Å². The predicted octanol–water partition coefficient (Wildman–Crippen LogP) is 3.46. The molecule has 0 spiro atoms. The van der Waals surface area contributed by atoms with Crippen molar-refractivity contribution in [2.24, 2.45) is 0 Å². The Labute approximate surface area is 96.8 Å². The molecule has 1 rings (SSSR count). The molecule has 1 heterocycles. The summed E-state index contributed by atoms with van der Waals surface area (Å²) < 4.78 is 5.13. The highest BCUT2D eigenvalue weighted by molar-refractivity contribution is 7.99. The van der Waals surface area contributed by atoms with Gasteiger partial charge in [0.05, 0.1) is 12.5 Å². The van der Waals surface area contributed by atoms with Crippen molar-refractivity contribution in [2.45, 2.75) is 38.5 Å². The lowest BCUT2D eigenvalue weighted by molar-refractivity contribution is 0.547. The van der Waals surface area contributed by atoms with E-state index in [2.05, 4.69) is 26.1 Å². The normalized spacial score (nSPS) is 15.1. The molecule has 2 atom stereocenters. The predicted molar refractivity (Wildman–Crippen MR) is 67.3 cm³/mol. The molecule has 0 fully saturated rings. The van der Waals surface area contributed by atoms with Crippen LogP contribution < -0.4 is 5.32 Å². The second-order valence-corrected chi connectivity index (χ2v) is 5.19. The van der Waals surface area contributed by atoms with Gasteiger partial charge in [0.25, 0.3) is 0 Å². The van der Waals surface area contributed by atoms with Crippen molar-refractivity contribution in [3.05, 3.63) is 24.2 Å². The lowest BCUT2D eigenvalue weighted by Gasteiger charge is -2.17. The topological polar surface area (TPSA) is 25.2 Å². The van der Waals surface area contributed by atoms with Crippen LogP contribution in [0.4, 0.5) is 0 Å². The summed E-state index contributed by atoms with van der Waals surface area (Å²) in [4.78, 5) is 0. The quantitative estimate of drug-likeness (QED) is 0.772. The SMILES string of the molecule is CCNC(CSC(C)CC)c1ccoc1. The summed E-state index contributed by atoms with van der Waals surface area (Å²) in [7, 11) is 0. The van der Waals surface area contributed by atoms with Gasteiger partial charge in [-0.3, -0.25) is 0 Å². The minimum absolute atomic E-state index is 0.424. The molecule has 3 heteroatoms. The molecule has 2 nitrogen and oxygen atoms in total. The number of hydrogen-bond acceptors (Lipinski definition) is 3. The van der Waals surface area contributed by atoms with Gasteiger partial charge in [-0.15, -0.1) is 0 Å². The molecule has 0 aliphatic heterocycles. The molecule has 0 radical (unpaired) electrons. The molecule has 15 heavy (non-hydrogen) atoms. The van der Waals surface area contributed by atoms with E-state index in [1.54, 1.807) is 6.26 Å². The van der Waals surface area contributed by atoms with Crippen LogP contribution in [0.25, 0.3) is 0 Å². The lowest BCUT2D eigenvalue weighted by Crippen LogP contribution is -2.23. The maximum absolute atomic E-state index is 5.13. The average molecular weight is 227 g/mol. The van der Waals surface area contributed by atoms with E-state index in [0.717, 1.165) is 17.5 Å².